The van der Waals surface area contributed by atoms with E-state index in [0.29, 0.717) is 19.1 Å². The minimum atomic E-state index is 0.463. The van der Waals surface area contributed by atoms with E-state index in [1.807, 2.05) is 30.3 Å². The van der Waals surface area contributed by atoms with E-state index in [4.69, 9.17) is 10.5 Å². The molecule has 0 aliphatic rings. The van der Waals surface area contributed by atoms with Crippen LogP contribution in [0.2, 0.25) is 0 Å². The van der Waals surface area contributed by atoms with Crippen LogP contribution < -0.4 is 10.5 Å². The molecule has 106 valence electrons. The molecule has 0 saturated carbocycles. The molecule has 1 unspecified atom stereocenters. The monoisotopic (exact) mass is 333 g/mol. The van der Waals surface area contributed by atoms with Gasteiger partial charge >= 0.3 is 0 Å². The number of ether oxygens (including phenoxy) is 1. The summed E-state index contributed by atoms with van der Waals surface area (Å²) in [5.74, 6) is 1.36. The van der Waals surface area contributed by atoms with Gasteiger partial charge in [-0.1, -0.05) is 52.3 Å². The van der Waals surface area contributed by atoms with Gasteiger partial charge in [-0.15, -0.1) is 0 Å². The molecule has 0 aromatic heterocycles. The summed E-state index contributed by atoms with van der Waals surface area (Å²) >= 11 is 3.44. The Hall–Kier alpha value is -1.32. The van der Waals surface area contributed by atoms with Crippen LogP contribution in [-0.4, -0.2) is 13.2 Å². The third kappa shape index (κ3) is 4.99. The molecule has 2 nitrogen and oxygen atoms in total. The van der Waals surface area contributed by atoms with Crippen molar-refractivity contribution in [2.24, 2.45) is 11.7 Å². The summed E-state index contributed by atoms with van der Waals surface area (Å²) in [6.45, 7) is 1.39. The first-order chi connectivity index (χ1) is 9.78. The molecule has 3 heteroatoms. The van der Waals surface area contributed by atoms with Crippen LogP contribution in [0.3, 0.4) is 0 Å². The Balaban J connectivity index is 1.79. The van der Waals surface area contributed by atoms with Crippen molar-refractivity contribution in [3.05, 3.63) is 64.6 Å². The largest absolute Gasteiger partial charge is 0.494 e. The number of hydrogen-bond donors (Lipinski definition) is 1. The van der Waals surface area contributed by atoms with Crippen LogP contribution in [0.4, 0.5) is 0 Å². The summed E-state index contributed by atoms with van der Waals surface area (Å²) < 4.78 is 6.81. The van der Waals surface area contributed by atoms with Crippen LogP contribution in [-0.2, 0) is 6.42 Å². The zero-order valence-electron chi connectivity index (χ0n) is 11.5. The van der Waals surface area contributed by atoms with Gasteiger partial charge in [-0.2, -0.15) is 0 Å². The number of rotatable bonds is 7. The van der Waals surface area contributed by atoms with Crippen molar-refractivity contribution in [3.8, 4) is 5.75 Å². The van der Waals surface area contributed by atoms with Crippen molar-refractivity contribution < 1.29 is 4.74 Å². The predicted octanol–water partition coefficient (Wildman–Crippen LogP) is 4.04. The van der Waals surface area contributed by atoms with Gasteiger partial charge in [-0.25, -0.2) is 0 Å². The summed E-state index contributed by atoms with van der Waals surface area (Å²) in [7, 11) is 0. The molecule has 0 saturated heterocycles. The van der Waals surface area contributed by atoms with Gasteiger partial charge in [0.15, 0.2) is 0 Å². The standard InChI is InChI=1S/C17H20BrNO/c18-16-7-4-8-17(12-16)20-10-9-15(13-19)11-14-5-2-1-3-6-14/h1-8,12,15H,9-11,13,19H2. The molecule has 0 aliphatic heterocycles. The lowest BCUT2D eigenvalue weighted by Gasteiger charge is -2.15. The first-order valence-corrected chi connectivity index (χ1v) is 7.69. The molecule has 0 bridgehead atoms. The van der Waals surface area contributed by atoms with Crippen molar-refractivity contribution in [1.82, 2.24) is 0 Å². The average molecular weight is 334 g/mol. The molecule has 2 aromatic rings. The first-order valence-electron chi connectivity index (χ1n) is 6.90. The van der Waals surface area contributed by atoms with E-state index in [1.165, 1.54) is 5.56 Å². The first kappa shape index (κ1) is 15.1. The fourth-order valence-electron chi connectivity index (χ4n) is 2.15. The molecule has 2 aromatic carbocycles. The third-order valence-electron chi connectivity index (χ3n) is 3.29. The molecule has 0 radical (unpaired) electrons. The van der Waals surface area contributed by atoms with Gasteiger partial charge in [0.25, 0.3) is 0 Å². The van der Waals surface area contributed by atoms with Crippen LogP contribution in [0.1, 0.15) is 12.0 Å². The maximum absolute atomic E-state index is 5.86. The number of nitrogens with two attached hydrogens (primary N) is 1. The van der Waals surface area contributed by atoms with Gasteiger partial charge in [0.05, 0.1) is 6.61 Å². The maximum Gasteiger partial charge on any atom is 0.120 e. The molecule has 0 heterocycles. The van der Waals surface area contributed by atoms with E-state index in [9.17, 15) is 0 Å². The zero-order valence-corrected chi connectivity index (χ0v) is 13.1. The van der Waals surface area contributed by atoms with Crippen LogP contribution in [0.5, 0.6) is 5.75 Å². The Labute approximate surface area is 129 Å². The molecule has 0 fully saturated rings. The van der Waals surface area contributed by atoms with Crippen LogP contribution in [0.15, 0.2) is 59.1 Å². The van der Waals surface area contributed by atoms with Gasteiger partial charge in [0.2, 0.25) is 0 Å². The second-order valence-electron chi connectivity index (χ2n) is 4.89. The average Bonchev–Trinajstić information content (AvgIpc) is 2.47. The SMILES string of the molecule is NCC(CCOc1cccc(Br)c1)Cc1ccccc1. The van der Waals surface area contributed by atoms with E-state index in [-0.39, 0.29) is 0 Å². The van der Waals surface area contributed by atoms with Gasteiger partial charge in [0.1, 0.15) is 5.75 Å². The van der Waals surface area contributed by atoms with E-state index < -0.39 is 0 Å². The highest BCUT2D eigenvalue weighted by molar-refractivity contribution is 9.10. The summed E-state index contributed by atoms with van der Waals surface area (Å²) in [6, 6.07) is 18.4. The fraction of sp³-hybridized carbons (Fsp3) is 0.294. The predicted molar refractivity (Wildman–Crippen MR) is 86.9 cm³/mol. The van der Waals surface area contributed by atoms with E-state index in [0.717, 1.165) is 23.1 Å². The summed E-state index contributed by atoms with van der Waals surface area (Å²) in [5.41, 5.74) is 7.20. The molecule has 0 aliphatic carbocycles. The minimum Gasteiger partial charge on any atom is -0.494 e. The van der Waals surface area contributed by atoms with Crippen molar-refractivity contribution in [1.29, 1.82) is 0 Å². The Bertz CT molecular complexity index is 515. The zero-order chi connectivity index (χ0) is 14.2. The molecule has 0 spiro atoms. The topological polar surface area (TPSA) is 35.2 Å². The van der Waals surface area contributed by atoms with Crippen molar-refractivity contribution in [3.63, 3.8) is 0 Å². The highest BCUT2D eigenvalue weighted by atomic mass is 79.9. The minimum absolute atomic E-state index is 0.463. The van der Waals surface area contributed by atoms with Crippen LogP contribution in [0, 0.1) is 5.92 Å². The molecule has 0 amide bonds. The highest BCUT2D eigenvalue weighted by Crippen LogP contribution is 2.19. The lowest BCUT2D eigenvalue weighted by atomic mass is 9.97. The Kier molecular flexibility index (Phi) is 6.09. The van der Waals surface area contributed by atoms with Crippen molar-refractivity contribution >= 4 is 15.9 Å². The van der Waals surface area contributed by atoms with Crippen LogP contribution >= 0.6 is 15.9 Å². The Morgan fingerprint density at radius 3 is 2.55 bits per heavy atom. The van der Waals surface area contributed by atoms with Gasteiger partial charge in [0, 0.05) is 4.47 Å². The molecule has 2 N–H and O–H groups in total. The molecule has 1 atom stereocenters. The van der Waals surface area contributed by atoms with Crippen LogP contribution in [0.25, 0.3) is 0 Å². The normalized spacial score (nSPS) is 12.1. The lowest BCUT2D eigenvalue weighted by Crippen LogP contribution is -2.19. The van der Waals surface area contributed by atoms with Gasteiger partial charge < -0.3 is 10.5 Å². The maximum atomic E-state index is 5.86. The van der Waals surface area contributed by atoms with Gasteiger partial charge in [-0.3, -0.25) is 0 Å². The molecule has 2 rings (SSSR count). The molecular formula is C17H20BrNO. The van der Waals surface area contributed by atoms with E-state index in [2.05, 4.69) is 40.2 Å². The third-order valence-corrected chi connectivity index (χ3v) is 3.78. The lowest BCUT2D eigenvalue weighted by molar-refractivity contribution is 0.278. The van der Waals surface area contributed by atoms with E-state index >= 15 is 0 Å². The molecular weight excluding hydrogens is 314 g/mol. The van der Waals surface area contributed by atoms with Crippen molar-refractivity contribution in [2.75, 3.05) is 13.2 Å². The summed E-state index contributed by atoms with van der Waals surface area (Å²) in [5, 5.41) is 0. The summed E-state index contributed by atoms with van der Waals surface area (Å²) in [4.78, 5) is 0. The van der Waals surface area contributed by atoms with Crippen molar-refractivity contribution in [2.45, 2.75) is 12.8 Å². The number of hydrogen-bond acceptors (Lipinski definition) is 2. The Morgan fingerprint density at radius 1 is 1.05 bits per heavy atom. The smallest absolute Gasteiger partial charge is 0.120 e. The second-order valence-corrected chi connectivity index (χ2v) is 5.80. The second kappa shape index (κ2) is 8.08. The number of benzene rings is 2. The molecule has 20 heavy (non-hydrogen) atoms. The quantitative estimate of drug-likeness (QED) is 0.829. The van der Waals surface area contributed by atoms with E-state index in [1.54, 1.807) is 0 Å². The van der Waals surface area contributed by atoms with Gasteiger partial charge in [-0.05, 0) is 49.1 Å². The fourth-order valence-corrected chi connectivity index (χ4v) is 2.53. The Morgan fingerprint density at radius 2 is 1.85 bits per heavy atom. The number of halogens is 1. The highest BCUT2D eigenvalue weighted by Gasteiger charge is 2.08. The summed E-state index contributed by atoms with van der Waals surface area (Å²) in [6.07, 6.45) is 1.98.